The van der Waals surface area contributed by atoms with E-state index in [1.165, 1.54) is 11.3 Å². The van der Waals surface area contributed by atoms with Gasteiger partial charge in [-0.3, -0.25) is 0 Å². The molecule has 1 aliphatic heterocycles. The minimum absolute atomic E-state index is 0.262. The Bertz CT molecular complexity index is 468. The minimum atomic E-state index is -1.26. The van der Waals surface area contributed by atoms with Gasteiger partial charge in [-0.2, -0.15) is 0 Å². The maximum absolute atomic E-state index is 11.2. The molecule has 90 valence electrons. The highest BCUT2D eigenvalue weighted by Crippen LogP contribution is 2.30. The van der Waals surface area contributed by atoms with Crippen LogP contribution in [-0.4, -0.2) is 14.0 Å². The van der Waals surface area contributed by atoms with Crippen LogP contribution in [-0.2, 0) is 15.1 Å². The summed E-state index contributed by atoms with van der Waals surface area (Å²) in [4.78, 5) is 11.2. The first-order valence-electron chi connectivity index (χ1n) is 5.84. The van der Waals surface area contributed by atoms with Gasteiger partial charge in [-0.05, 0) is 18.6 Å². The van der Waals surface area contributed by atoms with E-state index in [-0.39, 0.29) is 5.97 Å². The van der Waals surface area contributed by atoms with E-state index < -0.39 is 13.7 Å². The molecule has 1 aliphatic rings. The lowest BCUT2D eigenvalue weighted by molar-refractivity contribution is -0.145. The van der Waals surface area contributed by atoms with Gasteiger partial charge in [0.05, 0.1) is 8.07 Å². The largest absolute Gasteiger partial charge is 0.447 e. The first-order chi connectivity index (χ1) is 7.81. The van der Waals surface area contributed by atoms with Gasteiger partial charge in [0, 0.05) is 6.08 Å². The molecule has 1 aromatic carbocycles. The first kappa shape index (κ1) is 12.1. The van der Waals surface area contributed by atoms with Crippen LogP contribution in [0.5, 0.6) is 0 Å². The van der Waals surface area contributed by atoms with E-state index >= 15 is 0 Å². The molecule has 0 aromatic heterocycles. The zero-order valence-electron chi connectivity index (χ0n) is 10.8. The Morgan fingerprint density at radius 1 is 1.12 bits per heavy atom. The van der Waals surface area contributed by atoms with Crippen LogP contribution in [0, 0.1) is 0 Å². The first-order valence-corrected chi connectivity index (χ1v) is 9.34. The van der Waals surface area contributed by atoms with Gasteiger partial charge in [-0.1, -0.05) is 49.1 Å². The molecular formula is C14H18O2Si. The van der Waals surface area contributed by atoms with Crippen LogP contribution in [0.25, 0.3) is 0 Å². The summed E-state index contributed by atoms with van der Waals surface area (Å²) in [6.45, 7) is 8.87. The number of carbonyl (C=O) groups is 1. The summed E-state index contributed by atoms with van der Waals surface area (Å²) in [6.07, 6.45) is 3.31. The van der Waals surface area contributed by atoms with Crippen molar-refractivity contribution in [2.24, 2.45) is 0 Å². The molecule has 3 heteroatoms. The molecular weight excluding hydrogens is 228 g/mol. The molecule has 1 unspecified atom stereocenters. The van der Waals surface area contributed by atoms with Crippen molar-refractivity contribution in [1.29, 1.82) is 0 Å². The highest BCUT2D eigenvalue weighted by atomic mass is 28.3. The SMILES string of the molecule is CC1(c2ccc([Si](C)(C)C)cc2)C=CC(=O)O1. The average molecular weight is 246 g/mol. The monoisotopic (exact) mass is 246 g/mol. The predicted octanol–water partition coefficient (Wildman–Crippen LogP) is 2.56. The smallest absolute Gasteiger partial charge is 0.331 e. The fraction of sp³-hybridized carbons (Fsp3) is 0.357. The zero-order chi connectivity index (χ0) is 12.7. The lowest BCUT2D eigenvalue weighted by Crippen LogP contribution is -2.37. The summed E-state index contributed by atoms with van der Waals surface area (Å²) in [5, 5.41) is 1.41. The Balaban J connectivity index is 2.31. The number of rotatable bonds is 2. The van der Waals surface area contributed by atoms with Gasteiger partial charge >= 0.3 is 5.97 Å². The van der Waals surface area contributed by atoms with Crippen molar-refractivity contribution < 1.29 is 9.53 Å². The van der Waals surface area contributed by atoms with Crippen LogP contribution < -0.4 is 5.19 Å². The minimum Gasteiger partial charge on any atom is -0.447 e. The Morgan fingerprint density at radius 3 is 2.12 bits per heavy atom. The molecule has 0 spiro atoms. The number of cyclic esters (lactones) is 1. The molecule has 0 aliphatic carbocycles. The summed E-state index contributed by atoms with van der Waals surface area (Å²) in [5.41, 5.74) is 0.441. The normalized spacial score (nSPS) is 23.9. The molecule has 1 heterocycles. The Labute approximate surface area is 103 Å². The molecule has 0 saturated heterocycles. The van der Waals surface area contributed by atoms with Crippen molar-refractivity contribution in [3.05, 3.63) is 42.0 Å². The Hall–Kier alpha value is -1.35. The van der Waals surface area contributed by atoms with Gasteiger partial charge in [0.2, 0.25) is 0 Å². The number of ether oxygens (including phenoxy) is 1. The van der Waals surface area contributed by atoms with Crippen LogP contribution in [0.4, 0.5) is 0 Å². The zero-order valence-corrected chi connectivity index (χ0v) is 11.8. The van der Waals surface area contributed by atoms with Crippen molar-refractivity contribution in [1.82, 2.24) is 0 Å². The summed E-state index contributed by atoms with van der Waals surface area (Å²) >= 11 is 0. The Morgan fingerprint density at radius 2 is 1.71 bits per heavy atom. The van der Waals surface area contributed by atoms with Crippen molar-refractivity contribution in [2.75, 3.05) is 0 Å². The lowest BCUT2D eigenvalue weighted by atomic mass is 9.97. The Kier molecular flexibility index (Phi) is 2.74. The molecule has 0 saturated carbocycles. The standard InChI is InChI=1S/C14H18O2Si/c1-14(10-9-13(15)16-14)11-5-7-12(8-6-11)17(2,3)4/h5-10H,1-4H3. The summed E-state index contributed by atoms with van der Waals surface area (Å²) in [7, 11) is -1.26. The molecule has 0 fully saturated rings. The van der Waals surface area contributed by atoms with Gasteiger partial charge in [0.1, 0.15) is 0 Å². The molecule has 0 radical (unpaired) electrons. The van der Waals surface area contributed by atoms with E-state index in [9.17, 15) is 4.79 Å². The molecule has 1 atom stereocenters. The van der Waals surface area contributed by atoms with Crippen molar-refractivity contribution in [2.45, 2.75) is 32.2 Å². The average Bonchev–Trinajstić information content (AvgIpc) is 2.59. The number of hydrogen-bond donors (Lipinski definition) is 0. The highest BCUT2D eigenvalue weighted by Gasteiger charge is 2.32. The van der Waals surface area contributed by atoms with Gasteiger partial charge in [-0.15, -0.1) is 0 Å². The van der Waals surface area contributed by atoms with Crippen molar-refractivity contribution in [3.8, 4) is 0 Å². The fourth-order valence-electron chi connectivity index (χ4n) is 1.96. The highest BCUT2D eigenvalue weighted by molar-refractivity contribution is 6.88. The number of esters is 1. The quantitative estimate of drug-likeness (QED) is 0.592. The maximum Gasteiger partial charge on any atom is 0.331 e. The molecule has 2 rings (SSSR count). The molecule has 1 aromatic rings. The molecule has 0 amide bonds. The van der Waals surface area contributed by atoms with Crippen LogP contribution in [0.1, 0.15) is 12.5 Å². The van der Waals surface area contributed by atoms with E-state index in [4.69, 9.17) is 4.74 Å². The second kappa shape index (κ2) is 3.84. The van der Waals surface area contributed by atoms with Crippen LogP contribution in [0.3, 0.4) is 0 Å². The van der Waals surface area contributed by atoms with Gasteiger partial charge in [0.15, 0.2) is 5.60 Å². The summed E-state index contributed by atoms with van der Waals surface area (Å²) < 4.78 is 5.32. The predicted molar refractivity (Wildman–Crippen MR) is 72.0 cm³/mol. The molecule has 17 heavy (non-hydrogen) atoms. The third-order valence-electron chi connectivity index (χ3n) is 3.17. The van der Waals surface area contributed by atoms with E-state index in [1.54, 1.807) is 0 Å². The summed E-state index contributed by atoms with van der Waals surface area (Å²) in [6, 6.07) is 8.45. The van der Waals surface area contributed by atoms with Gasteiger partial charge < -0.3 is 4.74 Å². The van der Waals surface area contributed by atoms with E-state index in [2.05, 4.69) is 43.9 Å². The lowest BCUT2D eigenvalue weighted by Gasteiger charge is -2.23. The van der Waals surface area contributed by atoms with E-state index in [0.29, 0.717) is 0 Å². The fourth-order valence-corrected chi connectivity index (χ4v) is 3.13. The number of benzene rings is 1. The molecule has 0 bridgehead atoms. The molecule has 0 N–H and O–H groups in total. The van der Waals surface area contributed by atoms with Crippen LogP contribution in [0.15, 0.2) is 36.4 Å². The van der Waals surface area contributed by atoms with Crippen LogP contribution >= 0.6 is 0 Å². The van der Waals surface area contributed by atoms with Gasteiger partial charge in [0.25, 0.3) is 0 Å². The van der Waals surface area contributed by atoms with Crippen LogP contribution in [0.2, 0.25) is 19.6 Å². The second-order valence-electron chi connectivity index (χ2n) is 5.69. The second-order valence-corrected chi connectivity index (χ2v) is 10.8. The maximum atomic E-state index is 11.2. The molecule has 2 nitrogen and oxygen atoms in total. The summed E-state index contributed by atoms with van der Waals surface area (Å²) in [5.74, 6) is -0.262. The number of carbonyl (C=O) groups excluding carboxylic acids is 1. The van der Waals surface area contributed by atoms with E-state index in [1.807, 2.05) is 13.0 Å². The van der Waals surface area contributed by atoms with Crippen molar-refractivity contribution >= 4 is 19.2 Å². The third kappa shape index (κ3) is 2.34. The van der Waals surface area contributed by atoms with Gasteiger partial charge in [-0.25, -0.2) is 4.79 Å². The van der Waals surface area contributed by atoms with Crippen molar-refractivity contribution in [3.63, 3.8) is 0 Å². The number of hydrogen-bond acceptors (Lipinski definition) is 2. The van der Waals surface area contributed by atoms with E-state index in [0.717, 1.165) is 5.56 Å². The third-order valence-corrected chi connectivity index (χ3v) is 5.24. The topological polar surface area (TPSA) is 26.3 Å².